The molecule has 1 heterocycles. The summed E-state index contributed by atoms with van der Waals surface area (Å²) in [6.45, 7) is 8.66. The van der Waals surface area contributed by atoms with Crippen LogP contribution in [0.2, 0.25) is 0 Å². The Morgan fingerprint density at radius 2 is 1.62 bits per heavy atom. The van der Waals surface area contributed by atoms with Gasteiger partial charge in [-0.15, -0.1) is 0 Å². The van der Waals surface area contributed by atoms with Crippen LogP contribution in [-0.2, 0) is 4.79 Å². The highest BCUT2D eigenvalue weighted by atomic mass is 16.3. The lowest BCUT2D eigenvalue weighted by Crippen LogP contribution is -2.49. The summed E-state index contributed by atoms with van der Waals surface area (Å²) in [7, 11) is 1.83. The molecule has 3 N–H and O–H groups in total. The standard InChI is InChI=1S/C26H28N4O4/c1-26(24(33)28-25(34)29-26)22(31)18-8-4-16(5-9-18)17-6-10-19(11-7-17)23(32)30(3)21-14-12-20(27-2)13-15-21/h4-11,20-22,31H,12-15H2,1,3H3,(H2,28,29,33,34). The normalized spacial score (nSPS) is 25.1. The number of carbonyl (C=O) groups is 3. The first-order chi connectivity index (χ1) is 16.2. The van der Waals surface area contributed by atoms with Gasteiger partial charge in [0.1, 0.15) is 11.6 Å². The molecule has 1 saturated carbocycles. The predicted molar refractivity (Wildman–Crippen MR) is 127 cm³/mol. The maximum absolute atomic E-state index is 12.9. The zero-order chi connectivity index (χ0) is 24.5. The van der Waals surface area contributed by atoms with E-state index in [0.717, 1.165) is 36.8 Å². The summed E-state index contributed by atoms with van der Waals surface area (Å²) >= 11 is 0. The van der Waals surface area contributed by atoms with Gasteiger partial charge in [0.2, 0.25) is 6.04 Å². The minimum Gasteiger partial charge on any atom is -0.385 e. The third-order valence-electron chi connectivity index (χ3n) is 7.03. The summed E-state index contributed by atoms with van der Waals surface area (Å²) in [5, 5.41) is 15.3. The first-order valence-electron chi connectivity index (χ1n) is 11.4. The number of aliphatic hydroxyl groups excluding tert-OH is 1. The second-order valence-electron chi connectivity index (χ2n) is 9.22. The average molecular weight is 461 g/mol. The number of amides is 4. The Morgan fingerprint density at radius 1 is 1.06 bits per heavy atom. The molecule has 2 aliphatic rings. The van der Waals surface area contributed by atoms with Crippen molar-refractivity contribution in [1.82, 2.24) is 15.5 Å². The number of aliphatic hydroxyl groups is 1. The zero-order valence-corrected chi connectivity index (χ0v) is 19.2. The molecule has 0 radical (unpaired) electrons. The second kappa shape index (κ2) is 9.27. The Morgan fingerprint density at radius 3 is 2.12 bits per heavy atom. The van der Waals surface area contributed by atoms with Crippen molar-refractivity contribution in [3.05, 3.63) is 71.1 Å². The van der Waals surface area contributed by atoms with E-state index < -0.39 is 23.6 Å². The van der Waals surface area contributed by atoms with Crippen molar-refractivity contribution in [2.45, 2.75) is 56.3 Å². The van der Waals surface area contributed by atoms with E-state index in [0.29, 0.717) is 11.1 Å². The van der Waals surface area contributed by atoms with Crippen LogP contribution in [0.5, 0.6) is 0 Å². The van der Waals surface area contributed by atoms with Crippen LogP contribution in [0.3, 0.4) is 0 Å². The first-order valence-corrected chi connectivity index (χ1v) is 11.4. The van der Waals surface area contributed by atoms with Crippen LogP contribution in [0.1, 0.15) is 54.6 Å². The van der Waals surface area contributed by atoms with Gasteiger partial charge in [-0.3, -0.25) is 14.9 Å². The lowest BCUT2D eigenvalue weighted by Gasteiger charge is -2.31. The van der Waals surface area contributed by atoms with E-state index in [4.69, 9.17) is 6.57 Å². The van der Waals surface area contributed by atoms with Crippen molar-refractivity contribution in [2.24, 2.45) is 0 Å². The van der Waals surface area contributed by atoms with Crippen LogP contribution < -0.4 is 10.6 Å². The molecule has 34 heavy (non-hydrogen) atoms. The van der Waals surface area contributed by atoms with E-state index >= 15 is 0 Å². The summed E-state index contributed by atoms with van der Waals surface area (Å²) in [4.78, 5) is 41.9. The minimum atomic E-state index is -1.43. The van der Waals surface area contributed by atoms with Crippen molar-refractivity contribution in [1.29, 1.82) is 0 Å². The topological polar surface area (TPSA) is 103 Å². The molecule has 1 aliphatic heterocycles. The summed E-state index contributed by atoms with van der Waals surface area (Å²) in [5.74, 6) is -0.597. The van der Waals surface area contributed by atoms with Crippen LogP contribution in [0.25, 0.3) is 16.0 Å². The SMILES string of the molecule is [C-]#[N+]C1CCC(N(C)C(=O)c2ccc(-c3ccc(C(O)C4(C)NC(=O)NC4=O)cc3)cc2)CC1. The first kappa shape index (κ1) is 23.5. The smallest absolute Gasteiger partial charge is 0.322 e. The number of benzene rings is 2. The van der Waals surface area contributed by atoms with Gasteiger partial charge in [-0.25, -0.2) is 11.4 Å². The highest BCUT2D eigenvalue weighted by molar-refractivity contribution is 6.07. The van der Waals surface area contributed by atoms with E-state index in [1.54, 1.807) is 29.2 Å². The molecule has 2 unspecified atom stereocenters. The van der Waals surface area contributed by atoms with Gasteiger partial charge in [-0.1, -0.05) is 36.4 Å². The fourth-order valence-electron chi connectivity index (χ4n) is 4.69. The fourth-order valence-corrected chi connectivity index (χ4v) is 4.69. The summed E-state index contributed by atoms with van der Waals surface area (Å²) in [5.41, 5.74) is 1.50. The van der Waals surface area contributed by atoms with Gasteiger partial charge in [0.05, 0.1) is 0 Å². The maximum atomic E-state index is 12.9. The van der Waals surface area contributed by atoms with Crippen molar-refractivity contribution in [3.8, 4) is 11.1 Å². The highest BCUT2D eigenvalue weighted by Crippen LogP contribution is 2.31. The molecule has 0 aromatic heterocycles. The average Bonchev–Trinajstić information content (AvgIpc) is 3.14. The number of nitrogens with zero attached hydrogens (tertiary/aromatic N) is 2. The number of hydrogen-bond donors (Lipinski definition) is 3. The third-order valence-corrected chi connectivity index (χ3v) is 7.03. The van der Waals surface area contributed by atoms with Gasteiger partial charge in [0, 0.05) is 31.5 Å². The Balaban J connectivity index is 1.43. The molecule has 2 atom stereocenters. The number of nitrogens with one attached hydrogen (secondary N) is 2. The van der Waals surface area contributed by atoms with Crippen molar-refractivity contribution in [3.63, 3.8) is 0 Å². The Labute approximate surface area is 198 Å². The molecule has 2 aromatic carbocycles. The van der Waals surface area contributed by atoms with Gasteiger partial charge in [0.15, 0.2) is 0 Å². The quantitative estimate of drug-likeness (QED) is 0.471. The Bertz CT molecular complexity index is 1130. The van der Waals surface area contributed by atoms with Crippen LogP contribution in [-0.4, -0.2) is 52.5 Å². The van der Waals surface area contributed by atoms with E-state index in [1.807, 2.05) is 31.3 Å². The van der Waals surface area contributed by atoms with Gasteiger partial charge < -0.3 is 20.2 Å². The lowest BCUT2D eigenvalue weighted by molar-refractivity contribution is -0.127. The van der Waals surface area contributed by atoms with Crippen molar-refractivity contribution in [2.75, 3.05) is 7.05 Å². The van der Waals surface area contributed by atoms with Crippen molar-refractivity contribution < 1.29 is 19.5 Å². The molecule has 4 rings (SSSR count). The summed E-state index contributed by atoms with van der Waals surface area (Å²) in [6.07, 6.45) is 2.19. The second-order valence-corrected chi connectivity index (χ2v) is 9.22. The minimum absolute atomic E-state index is 0.0265. The summed E-state index contributed by atoms with van der Waals surface area (Å²) in [6, 6.07) is 14.1. The number of hydrogen-bond acceptors (Lipinski definition) is 4. The van der Waals surface area contributed by atoms with E-state index in [9.17, 15) is 19.5 Å². The van der Waals surface area contributed by atoms with E-state index in [1.165, 1.54) is 6.92 Å². The zero-order valence-electron chi connectivity index (χ0n) is 19.2. The molecule has 1 aliphatic carbocycles. The van der Waals surface area contributed by atoms with Crippen LogP contribution >= 0.6 is 0 Å². The number of rotatable bonds is 5. The van der Waals surface area contributed by atoms with E-state index in [-0.39, 0.29) is 18.0 Å². The Kier molecular flexibility index (Phi) is 6.40. The van der Waals surface area contributed by atoms with Gasteiger partial charge >= 0.3 is 6.03 Å². The molecule has 2 aromatic rings. The molecule has 8 nitrogen and oxygen atoms in total. The molecular formula is C26H28N4O4. The predicted octanol–water partition coefficient (Wildman–Crippen LogP) is 3.29. The van der Waals surface area contributed by atoms with Crippen LogP contribution in [0.4, 0.5) is 4.79 Å². The largest absolute Gasteiger partial charge is 0.385 e. The molecule has 4 amide bonds. The Hall–Kier alpha value is -3.70. The number of urea groups is 1. The van der Waals surface area contributed by atoms with Gasteiger partial charge in [-0.2, -0.15) is 0 Å². The molecule has 1 saturated heterocycles. The number of carbonyl (C=O) groups excluding carboxylic acids is 3. The third kappa shape index (κ3) is 4.39. The fraction of sp³-hybridized carbons (Fsp3) is 0.385. The van der Waals surface area contributed by atoms with Crippen LogP contribution in [0, 0.1) is 6.57 Å². The molecule has 176 valence electrons. The highest BCUT2D eigenvalue weighted by Gasteiger charge is 2.48. The molecule has 8 heteroatoms. The lowest BCUT2D eigenvalue weighted by atomic mass is 9.88. The van der Waals surface area contributed by atoms with Crippen molar-refractivity contribution >= 4 is 17.8 Å². The monoisotopic (exact) mass is 460 g/mol. The maximum Gasteiger partial charge on any atom is 0.322 e. The molecular weight excluding hydrogens is 432 g/mol. The van der Waals surface area contributed by atoms with Gasteiger partial charge in [0.25, 0.3) is 11.8 Å². The molecule has 0 spiro atoms. The molecule has 0 bridgehead atoms. The van der Waals surface area contributed by atoms with E-state index in [2.05, 4.69) is 15.5 Å². The van der Waals surface area contributed by atoms with Crippen LogP contribution in [0.15, 0.2) is 48.5 Å². The summed E-state index contributed by atoms with van der Waals surface area (Å²) < 4.78 is 0. The number of imide groups is 1. The van der Waals surface area contributed by atoms with Gasteiger partial charge in [-0.05, 0) is 48.6 Å². The molecule has 2 fully saturated rings.